The highest BCUT2D eigenvalue weighted by Crippen LogP contribution is 2.30. The topological polar surface area (TPSA) is 76.2 Å². The fourth-order valence-corrected chi connectivity index (χ4v) is 2.86. The molecule has 0 atom stereocenters. The number of halogens is 3. The van der Waals surface area contributed by atoms with E-state index in [2.05, 4.69) is 15.5 Å². The lowest BCUT2D eigenvalue weighted by Gasteiger charge is -2.13. The summed E-state index contributed by atoms with van der Waals surface area (Å²) in [5.74, 6) is 0.0116. The average Bonchev–Trinajstić information content (AvgIpc) is 3.11. The van der Waals surface area contributed by atoms with Gasteiger partial charge in [0.05, 0.1) is 18.8 Å². The molecule has 1 heterocycles. The molecular formula is C20H20F3N3O3. The molecule has 0 aliphatic heterocycles. The minimum atomic E-state index is -4.43. The molecule has 0 aliphatic carbocycles. The number of carbonyl (C=O) groups is 1. The second-order valence-electron chi connectivity index (χ2n) is 6.56. The molecule has 0 bridgehead atoms. The van der Waals surface area contributed by atoms with E-state index >= 15 is 0 Å². The number of anilines is 1. The van der Waals surface area contributed by atoms with Gasteiger partial charge in [-0.15, -0.1) is 0 Å². The molecule has 0 unspecified atom stereocenters. The Morgan fingerprint density at radius 1 is 1.21 bits per heavy atom. The largest absolute Gasteiger partial charge is 0.493 e. The van der Waals surface area contributed by atoms with Crippen molar-refractivity contribution in [3.63, 3.8) is 0 Å². The highest BCUT2D eigenvalue weighted by Gasteiger charge is 2.29. The number of methoxy groups -OCH3 is 1. The van der Waals surface area contributed by atoms with Gasteiger partial charge in [-0.2, -0.15) is 18.3 Å². The zero-order valence-electron chi connectivity index (χ0n) is 15.9. The van der Waals surface area contributed by atoms with Crippen LogP contribution in [0, 0.1) is 6.92 Å². The lowest BCUT2D eigenvalue weighted by molar-refractivity contribution is -0.153. The smallest absolute Gasteiger partial charge is 0.422 e. The fraction of sp³-hybridized carbons (Fsp3) is 0.300. The van der Waals surface area contributed by atoms with Gasteiger partial charge in [0.2, 0.25) is 5.91 Å². The van der Waals surface area contributed by atoms with Crippen molar-refractivity contribution in [1.29, 1.82) is 0 Å². The molecule has 0 saturated carbocycles. The van der Waals surface area contributed by atoms with Crippen molar-refractivity contribution in [2.24, 2.45) is 0 Å². The molecule has 0 spiro atoms. The molecular weight excluding hydrogens is 387 g/mol. The van der Waals surface area contributed by atoms with Crippen LogP contribution in [-0.4, -0.2) is 36.0 Å². The van der Waals surface area contributed by atoms with Crippen LogP contribution in [0.3, 0.4) is 0 Å². The van der Waals surface area contributed by atoms with Gasteiger partial charge in [-0.05, 0) is 48.7 Å². The van der Waals surface area contributed by atoms with Crippen molar-refractivity contribution >= 4 is 22.5 Å². The number of alkyl halides is 3. The van der Waals surface area contributed by atoms with Crippen LogP contribution in [0.5, 0.6) is 11.5 Å². The Morgan fingerprint density at radius 2 is 2.00 bits per heavy atom. The fourth-order valence-electron chi connectivity index (χ4n) is 2.86. The number of hydrogen-bond donors (Lipinski definition) is 2. The van der Waals surface area contributed by atoms with E-state index in [9.17, 15) is 18.0 Å². The third-order valence-electron chi connectivity index (χ3n) is 4.32. The summed E-state index contributed by atoms with van der Waals surface area (Å²) in [5.41, 5.74) is 3.18. The molecule has 3 rings (SSSR count). The standard InChI is InChI=1S/C20H20F3N3O3/c1-12-7-14-10-24-26-16(14)9-15(12)25-19(27)6-4-13-3-5-17(18(8-13)28-2)29-11-20(21,22)23/h3,5,7-10H,4,6,11H2,1-2H3,(H,24,26)(H,25,27). The maximum Gasteiger partial charge on any atom is 0.422 e. The number of carbonyl (C=O) groups excluding carboxylic acids is 1. The molecule has 6 nitrogen and oxygen atoms in total. The van der Waals surface area contributed by atoms with Gasteiger partial charge in [0.1, 0.15) is 0 Å². The number of H-pyrrole nitrogens is 1. The summed E-state index contributed by atoms with van der Waals surface area (Å²) < 4.78 is 46.8. The molecule has 1 amide bonds. The van der Waals surface area contributed by atoms with Crippen molar-refractivity contribution in [3.05, 3.63) is 47.7 Å². The molecule has 0 fully saturated rings. The third kappa shape index (κ3) is 5.40. The zero-order valence-corrected chi connectivity index (χ0v) is 15.9. The average molecular weight is 407 g/mol. The molecule has 154 valence electrons. The second kappa shape index (κ2) is 8.42. The van der Waals surface area contributed by atoms with Crippen LogP contribution in [0.15, 0.2) is 36.5 Å². The summed E-state index contributed by atoms with van der Waals surface area (Å²) >= 11 is 0. The number of nitrogens with zero attached hydrogens (tertiary/aromatic N) is 1. The predicted octanol–water partition coefficient (Wildman–Crippen LogP) is 4.39. The number of aromatic amines is 1. The van der Waals surface area contributed by atoms with Crippen LogP contribution in [0.2, 0.25) is 0 Å². The zero-order chi connectivity index (χ0) is 21.0. The SMILES string of the molecule is COc1cc(CCC(=O)Nc2cc3[nH]ncc3cc2C)ccc1OCC(F)(F)F. The first-order valence-electron chi connectivity index (χ1n) is 8.85. The number of ether oxygens (including phenoxy) is 2. The van der Waals surface area contributed by atoms with Crippen molar-refractivity contribution in [2.45, 2.75) is 25.9 Å². The summed E-state index contributed by atoms with van der Waals surface area (Å²) in [7, 11) is 1.35. The Morgan fingerprint density at radius 3 is 2.72 bits per heavy atom. The van der Waals surface area contributed by atoms with Crippen LogP contribution in [0.25, 0.3) is 10.9 Å². The molecule has 2 aromatic carbocycles. The number of fused-ring (bicyclic) bond motifs is 1. The van der Waals surface area contributed by atoms with Crippen molar-refractivity contribution in [1.82, 2.24) is 10.2 Å². The second-order valence-corrected chi connectivity index (χ2v) is 6.56. The first-order valence-corrected chi connectivity index (χ1v) is 8.85. The minimum Gasteiger partial charge on any atom is -0.493 e. The summed E-state index contributed by atoms with van der Waals surface area (Å²) in [4.78, 5) is 12.3. The minimum absolute atomic E-state index is 0.00140. The van der Waals surface area contributed by atoms with Gasteiger partial charge >= 0.3 is 6.18 Å². The maximum absolute atomic E-state index is 12.3. The molecule has 3 aromatic rings. The van der Waals surface area contributed by atoms with Gasteiger partial charge in [0, 0.05) is 17.5 Å². The lowest BCUT2D eigenvalue weighted by Crippen LogP contribution is -2.19. The number of benzene rings is 2. The highest BCUT2D eigenvalue weighted by molar-refractivity contribution is 5.94. The van der Waals surface area contributed by atoms with E-state index in [1.54, 1.807) is 18.3 Å². The number of hydrogen-bond acceptors (Lipinski definition) is 4. The van der Waals surface area contributed by atoms with E-state index in [0.717, 1.165) is 22.0 Å². The first-order chi connectivity index (χ1) is 13.7. The number of nitrogens with one attached hydrogen (secondary N) is 2. The summed E-state index contributed by atoms with van der Waals surface area (Å²) in [5, 5.41) is 10.7. The monoisotopic (exact) mass is 407 g/mol. The van der Waals surface area contributed by atoms with Crippen molar-refractivity contribution in [2.75, 3.05) is 19.0 Å². The maximum atomic E-state index is 12.3. The summed E-state index contributed by atoms with van der Waals surface area (Å²) in [6, 6.07) is 8.35. The van der Waals surface area contributed by atoms with E-state index in [0.29, 0.717) is 12.1 Å². The van der Waals surface area contributed by atoms with Gasteiger partial charge in [0.15, 0.2) is 18.1 Å². The number of rotatable bonds is 7. The molecule has 2 N–H and O–H groups in total. The molecule has 1 aromatic heterocycles. The first kappa shape index (κ1) is 20.5. The van der Waals surface area contributed by atoms with E-state index in [1.165, 1.54) is 13.2 Å². The number of aromatic nitrogens is 2. The lowest BCUT2D eigenvalue weighted by atomic mass is 10.1. The van der Waals surface area contributed by atoms with Crippen molar-refractivity contribution in [3.8, 4) is 11.5 Å². The van der Waals surface area contributed by atoms with Gasteiger partial charge in [-0.3, -0.25) is 9.89 Å². The van der Waals surface area contributed by atoms with Crippen LogP contribution >= 0.6 is 0 Å². The van der Waals surface area contributed by atoms with Crippen LogP contribution < -0.4 is 14.8 Å². The van der Waals surface area contributed by atoms with E-state index in [-0.39, 0.29) is 23.8 Å². The van der Waals surface area contributed by atoms with E-state index < -0.39 is 12.8 Å². The van der Waals surface area contributed by atoms with Crippen molar-refractivity contribution < 1.29 is 27.4 Å². The molecule has 0 saturated heterocycles. The Bertz CT molecular complexity index is 1020. The molecule has 0 aliphatic rings. The summed E-state index contributed by atoms with van der Waals surface area (Å²) in [6.45, 7) is 0.498. The van der Waals surface area contributed by atoms with Gasteiger partial charge in [-0.25, -0.2) is 0 Å². The van der Waals surface area contributed by atoms with Gasteiger partial charge in [-0.1, -0.05) is 6.07 Å². The predicted molar refractivity (Wildman–Crippen MR) is 102 cm³/mol. The van der Waals surface area contributed by atoms with Gasteiger partial charge in [0.25, 0.3) is 0 Å². The number of aryl methyl sites for hydroxylation is 2. The molecule has 29 heavy (non-hydrogen) atoms. The number of amides is 1. The summed E-state index contributed by atoms with van der Waals surface area (Å²) in [6.07, 6.45) is -2.12. The van der Waals surface area contributed by atoms with Gasteiger partial charge < -0.3 is 14.8 Å². The quantitative estimate of drug-likeness (QED) is 0.609. The van der Waals surface area contributed by atoms with Crippen LogP contribution in [0.4, 0.5) is 18.9 Å². The van der Waals surface area contributed by atoms with E-state index in [4.69, 9.17) is 9.47 Å². The normalized spacial score (nSPS) is 11.5. The Hall–Kier alpha value is -3.23. The highest BCUT2D eigenvalue weighted by atomic mass is 19.4. The third-order valence-corrected chi connectivity index (χ3v) is 4.32. The van der Waals surface area contributed by atoms with E-state index in [1.807, 2.05) is 19.1 Å². The Kier molecular flexibility index (Phi) is 5.95. The Balaban J connectivity index is 1.61. The van der Waals surface area contributed by atoms with Crippen LogP contribution in [-0.2, 0) is 11.2 Å². The molecule has 0 radical (unpaired) electrons. The molecule has 9 heteroatoms. The van der Waals surface area contributed by atoms with Crippen LogP contribution in [0.1, 0.15) is 17.5 Å². The Labute approximate surface area is 165 Å².